The van der Waals surface area contributed by atoms with Crippen LogP contribution >= 0.6 is 0 Å². The van der Waals surface area contributed by atoms with Crippen LogP contribution in [-0.2, 0) is 4.79 Å². The molecule has 18 heavy (non-hydrogen) atoms. The Labute approximate surface area is 109 Å². The van der Waals surface area contributed by atoms with Crippen molar-refractivity contribution in [3.8, 4) is 0 Å². The Morgan fingerprint density at radius 3 is 2.94 bits per heavy atom. The van der Waals surface area contributed by atoms with E-state index in [0.29, 0.717) is 6.42 Å². The van der Waals surface area contributed by atoms with E-state index in [2.05, 4.69) is 41.4 Å². The zero-order chi connectivity index (χ0) is 13.0. The van der Waals surface area contributed by atoms with Gasteiger partial charge in [0.2, 0.25) is 5.91 Å². The second-order valence-electron chi connectivity index (χ2n) is 4.96. The first-order chi connectivity index (χ1) is 8.74. The molecule has 1 saturated heterocycles. The quantitative estimate of drug-likeness (QED) is 0.884. The molecule has 0 radical (unpaired) electrons. The van der Waals surface area contributed by atoms with Crippen molar-refractivity contribution in [1.29, 1.82) is 0 Å². The maximum Gasteiger partial charge on any atom is 0.224 e. The lowest BCUT2D eigenvalue weighted by Crippen LogP contribution is -2.32. The van der Waals surface area contributed by atoms with E-state index in [1.807, 2.05) is 7.05 Å². The fourth-order valence-corrected chi connectivity index (χ4v) is 2.72. The average Bonchev–Trinajstić information content (AvgIpc) is 2.85. The van der Waals surface area contributed by atoms with Crippen LogP contribution < -0.4 is 5.32 Å². The second-order valence-corrected chi connectivity index (χ2v) is 4.96. The van der Waals surface area contributed by atoms with Crippen molar-refractivity contribution in [2.45, 2.75) is 32.2 Å². The van der Waals surface area contributed by atoms with Gasteiger partial charge in [0, 0.05) is 19.5 Å². The fraction of sp³-hybridized carbons (Fsp3) is 0.533. The molecule has 1 heterocycles. The summed E-state index contributed by atoms with van der Waals surface area (Å²) in [5, 5.41) is 3.04. The van der Waals surface area contributed by atoms with Crippen molar-refractivity contribution in [3.05, 3.63) is 35.4 Å². The molecular formula is C15H22N2O. The van der Waals surface area contributed by atoms with Crippen LogP contribution in [0.15, 0.2) is 24.3 Å². The zero-order valence-corrected chi connectivity index (χ0v) is 11.3. The molecule has 0 bridgehead atoms. The largest absolute Gasteiger partial charge is 0.336 e. The number of amides is 1. The lowest BCUT2D eigenvalue weighted by atomic mass is 9.99. The molecule has 0 saturated carbocycles. The summed E-state index contributed by atoms with van der Waals surface area (Å²) < 4.78 is 0. The van der Waals surface area contributed by atoms with Crippen LogP contribution in [0, 0.1) is 6.92 Å². The molecule has 3 heteroatoms. The molecule has 0 spiro atoms. The van der Waals surface area contributed by atoms with Gasteiger partial charge < -0.3 is 10.2 Å². The van der Waals surface area contributed by atoms with Crippen LogP contribution in [0.4, 0.5) is 0 Å². The van der Waals surface area contributed by atoms with Crippen LogP contribution in [0.1, 0.15) is 36.4 Å². The smallest absolute Gasteiger partial charge is 0.224 e. The summed E-state index contributed by atoms with van der Waals surface area (Å²) in [5.41, 5.74) is 2.60. The van der Waals surface area contributed by atoms with Crippen molar-refractivity contribution in [3.63, 3.8) is 0 Å². The second kappa shape index (κ2) is 6.01. The molecule has 1 unspecified atom stereocenters. The monoisotopic (exact) mass is 246 g/mol. The van der Waals surface area contributed by atoms with Gasteiger partial charge in [-0.25, -0.2) is 0 Å². The lowest BCUT2D eigenvalue weighted by molar-refractivity contribution is -0.132. The van der Waals surface area contributed by atoms with Crippen molar-refractivity contribution < 1.29 is 4.79 Å². The van der Waals surface area contributed by atoms with Crippen molar-refractivity contribution >= 4 is 5.91 Å². The Bertz CT molecular complexity index is 417. The Morgan fingerprint density at radius 1 is 1.44 bits per heavy atom. The molecule has 3 nitrogen and oxygen atoms in total. The third kappa shape index (κ3) is 2.72. The summed E-state index contributed by atoms with van der Waals surface area (Å²) in [6.45, 7) is 3.79. The highest BCUT2D eigenvalue weighted by molar-refractivity contribution is 5.77. The molecule has 1 aromatic rings. The molecule has 0 aromatic heterocycles. The van der Waals surface area contributed by atoms with E-state index in [1.165, 1.54) is 11.1 Å². The standard InChI is InChI=1S/C15H22N2O/c1-12-6-3-4-7-13(12)14-8-5-11-17(14)15(18)9-10-16-2/h3-4,6-7,14,16H,5,8-11H2,1-2H3. The Morgan fingerprint density at radius 2 is 2.22 bits per heavy atom. The first-order valence-corrected chi connectivity index (χ1v) is 6.73. The minimum absolute atomic E-state index is 0.273. The van der Waals surface area contributed by atoms with E-state index >= 15 is 0 Å². The number of carbonyl (C=O) groups is 1. The number of hydrogen-bond donors (Lipinski definition) is 1. The molecule has 1 aromatic carbocycles. The van der Waals surface area contributed by atoms with E-state index in [4.69, 9.17) is 0 Å². The molecule has 1 aliphatic rings. The highest BCUT2D eigenvalue weighted by Crippen LogP contribution is 2.33. The van der Waals surface area contributed by atoms with E-state index in [1.54, 1.807) is 0 Å². The highest BCUT2D eigenvalue weighted by atomic mass is 16.2. The first-order valence-electron chi connectivity index (χ1n) is 6.73. The van der Waals surface area contributed by atoms with Crippen molar-refractivity contribution in [1.82, 2.24) is 10.2 Å². The van der Waals surface area contributed by atoms with E-state index in [0.717, 1.165) is 25.9 Å². The average molecular weight is 246 g/mol. The minimum atomic E-state index is 0.273. The SMILES string of the molecule is CNCCC(=O)N1CCCC1c1ccccc1C. The van der Waals surface area contributed by atoms with Gasteiger partial charge in [-0.1, -0.05) is 24.3 Å². The van der Waals surface area contributed by atoms with Crippen molar-refractivity contribution in [2.24, 2.45) is 0 Å². The summed E-state index contributed by atoms with van der Waals surface area (Å²) in [4.78, 5) is 14.2. The van der Waals surface area contributed by atoms with Crippen LogP contribution in [-0.4, -0.2) is 30.9 Å². The number of nitrogens with zero attached hydrogens (tertiary/aromatic N) is 1. The first kappa shape index (κ1) is 13.1. The van der Waals surface area contributed by atoms with Crippen LogP contribution in [0.5, 0.6) is 0 Å². The highest BCUT2D eigenvalue weighted by Gasteiger charge is 2.29. The predicted octanol–water partition coefficient (Wildman–Crippen LogP) is 2.27. The lowest BCUT2D eigenvalue weighted by Gasteiger charge is -2.26. The number of carbonyl (C=O) groups excluding carboxylic acids is 1. The van der Waals surface area contributed by atoms with Gasteiger partial charge in [0.25, 0.3) is 0 Å². The molecule has 1 N–H and O–H groups in total. The third-order valence-electron chi connectivity index (χ3n) is 3.71. The molecule has 1 amide bonds. The summed E-state index contributed by atoms with van der Waals surface area (Å²) >= 11 is 0. The summed E-state index contributed by atoms with van der Waals surface area (Å²) in [5.74, 6) is 0.273. The van der Waals surface area contributed by atoms with E-state index < -0.39 is 0 Å². The molecule has 1 atom stereocenters. The van der Waals surface area contributed by atoms with Gasteiger partial charge in [-0.2, -0.15) is 0 Å². The summed E-state index contributed by atoms with van der Waals surface area (Å²) in [7, 11) is 1.89. The number of rotatable bonds is 4. The van der Waals surface area contributed by atoms with E-state index in [9.17, 15) is 4.79 Å². The topological polar surface area (TPSA) is 32.3 Å². The third-order valence-corrected chi connectivity index (χ3v) is 3.71. The molecule has 2 rings (SSSR count). The predicted molar refractivity (Wildman–Crippen MR) is 73.4 cm³/mol. The van der Waals surface area contributed by atoms with Gasteiger partial charge in [0.05, 0.1) is 6.04 Å². The maximum atomic E-state index is 12.2. The van der Waals surface area contributed by atoms with Gasteiger partial charge in [0.1, 0.15) is 0 Å². The maximum absolute atomic E-state index is 12.2. The number of benzene rings is 1. The molecule has 98 valence electrons. The van der Waals surface area contributed by atoms with Crippen molar-refractivity contribution in [2.75, 3.05) is 20.1 Å². The zero-order valence-electron chi connectivity index (χ0n) is 11.3. The molecule has 0 aliphatic carbocycles. The Kier molecular flexibility index (Phi) is 4.37. The fourth-order valence-electron chi connectivity index (χ4n) is 2.72. The summed E-state index contributed by atoms with van der Waals surface area (Å²) in [6.07, 6.45) is 2.80. The normalized spacial score (nSPS) is 19.2. The number of aryl methyl sites for hydroxylation is 1. The summed E-state index contributed by atoms with van der Waals surface area (Å²) in [6, 6.07) is 8.70. The van der Waals surface area contributed by atoms with Gasteiger partial charge >= 0.3 is 0 Å². The molecule has 1 aliphatic heterocycles. The Balaban J connectivity index is 2.12. The van der Waals surface area contributed by atoms with Crippen LogP contribution in [0.25, 0.3) is 0 Å². The van der Waals surface area contributed by atoms with Gasteiger partial charge in [-0.15, -0.1) is 0 Å². The van der Waals surface area contributed by atoms with E-state index in [-0.39, 0.29) is 11.9 Å². The van der Waals surface area contributed by atoms with Crippen LogP contribution in [0.3, 0.4) is 0 Å². The number of hydrogen-bond acceptors (Lipinski definition) is 2. The van der Waals surface area contributed by atoms with Gasteiger partial charge in [-0.3, -0.25) is 4.79 Å². The molecule has 1 fully saturated rings. The van der Waals surface area contributed by atoms with Gasteiger partial charge in [0.15, 0.2) is 0 Å². The van der Waals surface area contributed by atoms with Crippen LogP contribution in [0.2, 0.25) is 0 Å². The Hall–Kier alpha value is -1.35. The minimum Gasteiger partial charge on any atom is -0.336 e. The molecular weight excluding hydrogens is 224 g/mol. The van der Waals surface area contributed by atoms with Gasteiger partial charge in [-0.05, 0) is 37.9 Å². The number of nitrogens with one attached hydrogen (secondary N) is 1. The number of likely N-dealkylation sites (tertiary alicyclic amines) is 1.